The first-order valence-corrected chi connectivity index (χ1v) is 10.3. The Kier molecular flexibility index (Phi) is 4.83. The topological polar surface area (TPSA) is 75.7 Å². The van der Waals surface area contributed by atoms with Crippen molar-refractivity contribution in [1.82, 2.24) is 9.62 Å². The standard InChI is InChI=1S/C17H24N2O4S/c1-3-23-16-7-5-4-6-13(16)17(20)19-10-14(12-8-9-12)15(11-19)18-24(2,21)22/h4-7,12,14-15,18H,3,8-11H2,1-2H3/t14-,15+/m1/s1. The van der Waals surface area contributed by atoms with Crippen molar-refractivity contribution in [3.05, 3.63) is 29.8 Å². The van der Waals surface area contributed by atoms with Gasteiger partial charge in [0.05, 0.1) is 18.4 Å². The molecule has 2 fully saturated rings. The number of amides is 1. The van der Waals surface area contributed by atoms with Gasteiger partial charge in [0.1, 0.15) is 5.75 Å². The molecule has 3 rings (SSSR count). The lowest BCUT2D eigenvalue weighted by atomic mass is 9.99. The molecule has 1 aromatic rings. The molecule has 0 radical (unpaired) electrons. The number of nitrogens with zero attached hydrogens (tertiary/aromatic N) is 1. The van der Waals surface area contributed by atoms with Gasteiger partial charge in [-0.2, -0.15) is 0 Å². The number of carbonyl (C=O) groups excluding carboxylic acids is 1. The summed E-state index contributed by atoms with van der Waals surface area (Å²) >= 11 is 0. The number of benzene rings is 1. The summed E-state index contributed by atoms with van der Waals surface area (Å²) in [6.07, 6.45) is 3.40. The Hall–Kier alpha value is -1.60. The van der Waals surface area contributed by atoms with Gasteiger partial charge in [0.2, 0.25) is 10.0 Å². The van der Waals surface area contributed by atoms with E-state index in [0.717, 1.165) is 12.8 Å². The third kappa shape index (κ3) is 3.89. The number of hydrogen-bond donors (Lipinski definition) is 1. The van der Waals surface area contributed by atoms with Gasteiger partial charge in [-0.1, -0.05) is 12.1 Å². The van der Waals surface area contributed by atoms with Crippen LogP contribution >= 0.6 is 0 Å². The molecular formula is C17H24N2O4S. The van der Waals surface area contributed by atoms with Crippen LogP contribution < -0.4 is 9.46 Å². The normalized spacial score (nSPS) is 24.2. The molecule has 0 unspecified atom stereocenters. The van der Waals surface area contributed by atoms with E-state index in [-0.39, 0.29) is 17.9 Å². The minimum Gasteiger partial charge on any atom is -0.493 e. The van der Waals surface area contributed by atoms with E-state index < -0.39 is 10.0 Å². The first kappa shape index (κ1) is 17.2. The minimum absolute atomic E-state index is 0.0949. The largest absolute Gasteiger partial charge is 0.493 e. The van der Waals surface area contributed by atoms with Crippen LogP contribution in [-0.4, -0.2) is 51.2 Å². The van der Waals surface area contributed by atoms with E-state index in [2.05, 4.69) is 4.72 Å². The van der Waals surface area contributed by atoms with E-state index in [1.165, 1.54) is 6.26 Å². The molecule has 24 heavy (non-hydrogen) atoms. The highest BCUT2D eigenvalue weighted by atomic mass is 32.2. The Morgan fingerprint density at radius 1 is 1.29 bits per heavy atom. The fourth-order valence-corrected chi connectivity index (χ4v) is 4.29. The lowest BCUT2D eigenvalue weighted by molar-refractivity contribution is 0.0780. The predicted molar refractivity (Wildman–Crippen MR) is 91.5 cm³/mol. The molecule has 1 saturated carbocycles. The first-order chi connectivity index (χ1) is 11.4. The van der Waals surface area contributed by atoms with E-state index in [0.29, 0.717) is 36.9 Å². The second-order valence-corrected chi connectivity index (χ2v) is 8.42. The maximum Gasteiger partial charge on any atom is 0.257 e. The molecule has 1 aliphatic heterocycles. The fourth-order valence-electron chi connectivity index (χ4n) is 3.49. The van der Waals surface area contributed by atoms with Gasteiger partial charge in [-0.25, -0.2) is 13.1 Å². The molecule has 1 heterocycles. The molecule has 7 heteroatoms. The van der Waals surface area contributed by atoms with Gasteiger partial charge < -0.3 is 9.64 Å². The Labute approximate surface area is 143 Å². The first-order valence-electron chi connectivity index (χ1n) is 8.37. The predicted octanol–water partition coefficient (Wildman–Crippen LogP) is 1.49. The quantitative estimate of drug-likeness (QED) is 0.841. The molecular weight excluding hydrogens is 328 g/mol. The van der Waals surface area contributed by atoms with Gasteiger partial charge >= 0.3 is 0 Å². The SMILES string of the molecule is CCOc1ccccc1C(=O)N1C[C@H](NS(C)(=O)=O)[C@@H](C2CC2)C1. The lowest BCUT2D eigenvalue weighted by Gasteiger charge is -2.18. The van der Waals surface area contributed by atoms with Gasteiger partial charge in [-0.15, -0.1) is 0 Å². The van der Waals surface area contributed by atoms with Crippen LogP contribution in [0.3, 0.4) is 0 Å². The molecule has 1 saturated heterocycles. The second-order valence-electron chi connectivity index (χ2n) is 6.64. The van der Waals surface area contributed by atoms with Crippen molar-refractivity contribution < 1.29 is 17.9 Å². The zero-order chi connectivity index (χ0) is 17.3. The van der Waals surface area contributed by atoms with Gasteiger partial charge in [-0.3, -0.25) is 4.79 Å². The number of ether oxygens (including phenoxy) is 1. The summed E-state index contributed by atoms with van der Waals surface area (Å²) in [5, 5.41) is 0. The summed E-state index contributed by atoms with van der Waals surface area (Å²) in [6, 6.07) is 7.01. The van der Waals surface area contributed by atoms with Gasteiger partial charge in [0.15, 0.2) is 0 Å². The average Bonchev–Trinajstić information content (AvgIpc) is 3.28. The van der Waals surface area contributed by atoms with E-state index >= 15 is 0 Å². The van der Waals surface area contributed by atoms with Crippen LogP contribution in [0.1, 0.15) is 30.1 Å². The fraction of sp³-hybridized carbons (Fsp3) is 0.588. The second kappa shape index (κ2) is 6.72. The number of likely N-dealkylation sites (tertiary alicyclic amines) is 1. The third-order valence-corrected chi connectivity index (χ3v) is 5.39. The molecule has 132 valence electrons. The summed E-state index contributed by atoms with van der Waals surface area (Å²) < 4.78 is 31.5. The lowest BCUT2D eigenvalue weighted by Crippen LogP contribution is -2.41. The van der Waals surface area contributed by atoms with Crippen LogP contribution in [0, 0.1) is 11.8 Å². The molecule has 1 aromatic carbocycles. The molecule has 1 amide bonds. The van der Waals surface area contributed by atoms with Gasteiger partial charge in [-0.05, 0) is 43.7 Å². The van der Waals surface area contributed by atoms with Crippen molar-refractivity contribution >= 4 is 15.9 Å². The van der Waals surface area contributed by atoms with Gasteiger partial charge in [0.25, 0.3) is 5.91 Å². The van der Waals surface area contributed by atoms with E-state index in [9.17, 15) is 13.2 Å². The molecule has 0 aromatic heterocycles. The smallest absolute Gasteiger partial charge is 0.257 e. The van der Waals surface area contributed by atoms with Crippen molar-refractivity contribution in [3.8, 4) is 5.75 Å². The number of sulfonamides is 1. The summed E-state index contributed by atoms with van der Waals surface area (Å²) in [7, 11) is -3.29. The monoisotopic (exact) mass is 352 g/mol. The maximum absolute atomic E-state index is 12.9. The van der Waals surface area contributed by atoms with Crippen molar-refractivity contribution in [2.24, 2.45) is 11.8 Å². The van der Waals surface area contributed by atoms with Gasteiger partial charge in [0, 0.05) is 19.1 Å². The number of rotatable bonds is 6. The van der Waals surface area contributed by atoms with Crippen LogP contribution in [0.4, 0.5) is 0 Å². The van der Waals surface area contributed by atoms with Crippen LogP contribution in [0.2, 0.25) is 0 Å². The summed E-state index contributed by atoms with van der Waals surface area (Å²) in [5.74, 6) is 1.20. The van der Waals surface area contributed by atoms with E-state index in [4.69, 9.17) is 4.74 Å². The van der Waals surface area contributed by atoms with Crippen molar-refractivity contribution in [3.63, 3.8) is 0 Å². The van der Waals surface area contributed by atoms with Crippen LogP contribution in [0.5, 0.6) is 5.75 Å². The average molecular weight is 352 g/mol. The number of hydrogen-bond acceptors (Lipinski definition) is 4. The number of para-hydroxylation sites is 1. The molecule has 2 atom stereocenters. The Bertz CT molecular complexity index is 715. The van der Waals surface area contributed by atoms with E-state index in [1.807, 2.05) is 19.1 Å². The zero-order valence-electron chi connectivity index (χ0n) is 14.1. The zero-order valence-corrected chi connectivity index (χ0v) is 14.9. The van der Waals surface area contributed by atoms with Crippen molar-refractivity contribution in [2.75, 3.05) is 26.0 Å². The van der Waals surface area contributed by atoms with Crippen LogP contribution in [0.25, 0.3) is 0 Å². The number of carbonyl (C=O) groups is 1. The molecule has 2 aliphatic rings. The van der Waals surface area contributed by atoms with Crippen LogP contribution in [0.15, 0.2) is 24.3 Å². The highest BCUT2D eigenvalue weighted by Crippen LogP contribution is 2.42. The highest BCUT2D eigenvalue weighted by molar-refractivity contribution is 7.88. The Balaban J connectivity index is 1.78. The Morgan fingerprint density at radius 2 is 2.00 bits per heavy atom. The molecule has 0 spiro atoms. The summed E-state index contributed by atoms with van der Waals surface area (Å²) in [6.45, 7) is 3.38. The maximum atomic E-state index is 12.9. The molecule has 0 bridgehead atoms. The molecule has 1 aliphatic carbocycles. The van der Waals surface area contributed by atoms with Crippen molar-refractivity contribution in [1.29, 1.82) is 0 Å². The third-order valence-electron chi connectivity index (χ3n) is 4.66. The van der Waals surface area contributed by atoms with Crippen LogP contribution in [-0.2, 0) is 10.0 Å². The summed E-state index contributed by atoms with van der Waals surface area (Å²) in [4.78, 5) is 14.7. The molecule has 6 nitrogen and oxygen atoms in total. The minimum atomic E-state index is -3.29. The number of nitrogens with one attached hydrogen (secondary N) is 1. The Morgan fingerprint density at radius 3 is 2.62 bits per heavy atom. The van der Waals surface area contributed by atoms with Crippen molar-refractivity contribution in [2.45, 2.75) is 25.8 Å². The summed E-state index contributed by atoms with van der Waals surface area (Å²) in [5.41, 5.74) is 0.536. The molecule has 1 N–H and O–H groups in total. The highest BCUT2D eigenvalue weighted by Gasteiger charge is 2.45. The van der Waals surface area contributed by atoms with E-state index in [1.54, 1.807) is 17.0 Å².